The number of hydrogen-bond donors (Lipinski definition) is 1. The van der Waals surface area contributed by atoms with Crippen LogP contribution < -0.4 is 0 Å². The zero-order chi connectivity index (χ0) is 10.3. The van der Waals surface area contributed by atoms with Crippen molar-refractivity contribution in [3.8, 4) is 0 Å². The quantitative estimate of drug-likeness (QED) is 0.646. The van der Waals surface area contributed by atoms with Gasteiger partial charge < -0.3 is 9.84 Å². The molecule has 1 N–H and O–H groups in total. The number of ether oxygens (including phenoxy) is 1. The van der Waals surface area contributed by atoms with Gasteiger partial charge in [0, 0.05) is 0 Å². The molecule has 78 valence electrons. The van der Waals surface area contributed by atoms with Gasteiger partial charge in [-0.2, -0.15) is 0 Å². The minimum absolute atomic E-state index is 0.265. The van der Waals surface area contributed by atoms with Gasteiger partial charge in [0.15, 0.2) is 0 Å². The molecule has 0 aliphatic heterocycles. The lowest BCUT2D eigenvalue weighted by molar-refractivity contribution is -0.152. The highest BCUT2D eigenvalue weighted by molar-refractivity contribution is 5.73. The number of carbonyl (C=O) groups excluding carboxylic acids is 1. The normalized spacial score (nSPS) is 15.1. The van der Waals surface area contributed by atoms with E-state index >= 15 is 0 Å². The molecular formula is C10H20O3. The summed E-state index contributed by atoms with van der Waals surface area (Å²) in [5.74, 6) is -0.603. The van der Waals surface area contributed by atoms with Gasteiger partial charge >= 0.3 is 5.97 Å². The zero-order valence-electron chi connectivity index (χ0n) is 8.75. The van der Waals surface area contributed by atoms with Gasteiger partial charge in [0.1, 0.15) is 0 Å². The van der Waals surface area contributed by atoms with Gasteiger partial charge in [-0.25, -0.2) is 0 Å². The van der Waals surface area contributed by atoms with Crippen LogP contribution in [0.25, 0.3) is 0 Å². The van der Waals surface area contributed by atoms with Crippen LogP contribution in [0.3, 0.4) is 0 Å². The number of aliphatic hydroxyl groups is 1. The first-order valence-corrected chi connectivity index (χ1v) is 5.01. The summed E-state index contributed by atoms with van der Waals surface area (Å²) in [5.41, 5.74) is 0. The summed E-state index contributed by atoms with van der Waals surface area (Å²) in [6.45, 7) is 6.02. The van der Waals surface area contributed by atoms with Gasteiger partial charge in [0.05, 0.1) is 18.6 Å². The van der Waals surface area contributed by atoms with Crippen molar-refractivity contribution in [2.24, 2.45) is 5.92 Å². The Bertz CT molecular complexity index is 145. The van der Waals surface area contributed by atoms with Crippen LogP contribution in [0.4, 0.5) is 0 Å². The van der Waals surface area contributed by atoms with Crippen LogP contribution in [0.1, 0.15) is 40.0 Å². The van der Waals surface area contributed by atoms with Crippen LogP contribution in [0.5, 0.6) is 0 Å². The molecule has 0 saturated heterocycles. The lowest BCUT2D eigenvalue weighted by Gasteiger charge is -2.19. The van der Waals surface area contributed by atoms with Gasteiger partial charge in [-0.1, -0.05) is 20.3 Å². The van der Waals surface area contributed by atoms with Crippen LogP contribution in [0, 0.1) is 5.92 Å². The summed E-state index contributed by atoms with van der Waals surface area (Å²) in [7, 11) is 0. The molecule has 0 rings (SSSR count). The van der Waals surface area contributed by atoms with E-state index in [1.807, 2.05) is 13.8 Å². The average molecular weight is 188 g/mol. The van der Waals surface area contributed by atoms with E-state index in [0.717, 1.165) is 6.42 Å². The first-order chi connectivity index (χ1) is 6.17. The molecule has 0 heterocycles. The largest absolute Gasteiger partial charge is 0.466 e. The van der Waals surface area contributed by atoms with E-state index < -0.39 is 6.10 Å². The van der Waals surface area contributed by atoms with Crippen molar-refractivity contribution < 1.29 is 14.6 Å². The van der Waals surface area contributed by atoms with Gasteiger partial charge in [-0.3, -0.25) is 4.79 Å². The predicted octanol–water partition coefficient (Wildman–Crippen LogP) is 1.74. The maximum Gasteiger partial charge on any atom is 0.311 e. The van der Waals surface area contributed by atoms with Crippen molar-refractivity contribution in [2.45, 2.75) is 46.1 Å². The minimum Gasteiger partial charge on any atom is -0.466 e. The fourth-order valence-corrected chi connectivity index (χ4v) is 1.31. The maximum atomic E-state index is 11.4. The van der Waals surface area contributed by atoms with E-state index in [4.69, 9.17) is 4.74 Å². The second-order valence-corrected chi connectivity index (χ2v) is 3.12. The van der Waals surface area contributed by atoms with Crippen LogP contribution in [0.15, 0.2) is 0 Å². The molecule has 0 radical (unpaired) electrons. The Hall–Kier alpha value is -0.570. The van der Waals surface area contributed by atoms with Crippen LogP contribution in [-0.4, -0.2) is 23.8 Å². The average Bonchev–Trinajstić information content (AvgIpc) is 2.13. The highest BCUT2D eigenvalue weighted by atomic mass is 16.5. The molecular weight excluding hydrogens is 168 g/mol. The topological polar surface area (TPSA) is 46.5 Å². The molecule has 13 heavy (non-hydrogen) atoms. The molecule has 3 nitrogen and oxygen atoms in total. The Morgan fingerprint density at radius 3 is 2.38 bits per heavy atom. The fourth-order valence-electron chi connectivity index (χ4n) is 1.31. The Morgan fingerprint density at radius 1 is 1.38 bits per heavy atom. The van der Waals surface area contributed by atoms with E-state index in [0.29, 0.717) is 19.4 Å². The standard InChI is InChI=1S/C10H20O3/c1-4-7-8(9(11)5-2)10(12)13-6-3/h8-9,11H,4-7H2,1-3H3/t8-,9-/m1/s1. The van der Waals surface area contributed by atoms with E-state index in [1.165, 1.54) is 0 Å². The molecule has 0 amide bonds. The number of esters is 1. The SMILES string of the molecule is CCC[C@@H](C(=O)OCC)[C@H](O)CC. The molecule has 0 aliphatic rings. The number of aliphatic hydroxyl groups excluding tert-OH is 1. The number of hydrogen-bond acceptors (Lipinski definition) is 3. The van der Waals surface area contributed by atoms with Crippen molar-refractivity contribution in [3.05, 3.63) is 0 Å². The predicted molar refractivity (Wildman–Crippen MR) is 51.3 cm³/mol. The first kappa shape index (κ1) is 12.4. The lowest BCUT2D eigenvalue weighted by Crippen LogP contribution is -2.29. The zero-order valence-corrected chi connectivity index (χ0v) is 8.75. The van der Waals surface area contributed by atoms with Crippen molar-refractivity contribution in [3.63, 3.8) is 0 Å². The molecule has 0 fully saturated rings. The van der Waals surface area contributed by atoms with Crippen LogP contribution in [0.2, 0.25) is 0 Å². The third kappa shape index (κ3) is 4.27. The fraction of sp³-hybridized carbons (Fsp3) is 0.900. The number of rotatable bonds is 6. The van der Waals surface area contributed by atoms with E-state index in [1.54, 1.807) is 6.92 Å². The van der Waals surface area contributed by atoms with Gasteiger partial charge in [0.25, 0.3) is 0 Å². The van der Waals surface area contributed by atoms with Crippen LogP contribution >= 0.6 is 0 Å². The third-order valence-corrected chi connectivity index (χ3v) is 2.07. The molecule has 0 aromatic carbocycles. The molecule has 0 saturated carbocycles. The summed E-state index contributed by atoms with van der Waals surface area (Å²) in [5, 5.41) is 9.55. The Morgan fingerprint density at radius 2 is 2.00 bits per heavy atom. The molecule has 0 aromatic heterocycles. The maximum absolute atomic E-state index is 11.4. The molecule has 0 spiro atoms. The summed E-state index contributed by atoms with van der Waals surface area (Å²) >= 11 is 0. The van der Waals surface area contributed by atoms with E-state index in [2.05, 4.69) is 0 Å². The lowest BCUT2D eigenvalue weighted by atomic mass is 9.95. The Labute approximate surface area is 80.1 Å². The monoisotopic (exact) mass is 188 g/mol. The molecule has 2 atom stereocenters. The van der Waals surface area contributed by atoms with Crippen molar-refractivity contribution >= 4 is 5.97 Å². The minimum atomic E-state index is -0.556. The number of carbonyl (C=O) groups is 1. The summed E-state index contributed by atoms with van der Waals surface area (Å²) in [6.07, 6.45) is 1.64. The summed E-state index contributed by atoms with van der Waals surface area (Å²) < 4.78 is 4.88. The van der Waals surface area contributed by atoms with Gasteiger partial charge in [-0.05, 0) is 19.8 Å². The molecule has 0 aromatic rings. The molecule has 0 unspecified atom stereocenters. The second-order valence-electron chi connectivity index (χ2n) is 3.12. The third-order valence-electron chi connectivity index (χ3n) is 2.07. The molecule has 3 heteroatoms. The second kappa shape index (κ2) is 6.89. The highest BCUT2D eigenvalue weighted by Crippen LogP contribution is 2.15. The molecule has 0 bridgehead atoms. The highest BCUT2D eigenvalue weighted by Gasteiger charge is 2.25. The molecule has 0 aliphatic carbocycles. The van der Waals surface area contributed by atoms with E-state index in [9.17, 15) is 9.90 Å². The van der Waals surface area contributed by atoms with Crippen LogP contribution in [-0.2, 0) is 9.53 Å². The first-order valence-electron chi connectivity index (χ1n) is 5.01. The summed E-state index contributed by atoms with van der Waals surface area (Å²) in [4.78, 5) is 11.4. The van der Waals surface area contributed by atoms with Crippen molar-refractivity contribution in [2.75, 3.05) is 6.61 Å². The van der Waals surface area contributed by atoms with Gasteiger partial charge in [-0.15, -0.1) is 0 Å². The van der Waals surface area contributed by atoms with E-state index in [-0.39, 0.29) is 11.9 Å². The smallest absolute Gasteiger partial charge is 0.311 e. The van der Waals surface area contributed by atoms with Gasteiger partial charge in [0.2, 0.25) is 0 Å². The summed E-state index contributed by atoms with van der Waals surface area (Å²) in [6, 6.07) is 0. The Kier molecular flexibility index (Phi) is 6.59. The van der Waals surface area contributed by atoms with Crippen molar-refractivity contribution in [1.29, 1.82) is 0 Å². The Balaban J connectivity index is 4.13. The van der Waals surface area contributed by atoms with Crippen molar-refractivity contribution in [1.82, 2.24) is 0 Å².